The van der Waals surface area contributed by atoms with Crippen LogP contribution >= 0.6 is 0 Å². The second-order valence-corrected chi connectivity index (χ2v) is 4.08. The maximum absolute atomic E-state index is 11.2. The molecule has 5 nitrogen and oxygen atoms in total. The molecule has 0 fully saturated rings. The van der Waals surface area contributed by atoms with Crippen LogP contribution in [0.2, 0.25) is 0 Å². The molecule has 0 unspecified atom stereocenters. The highest BCUT2D eigenvalue weighted by atomic mass is 16.1. The highest BCUT2D eigenvalue weighted by Gasteiger charge is 2.15. The number of aromatic amines is 2. The van der Waals surface area contributed by atoms with Crippen LogP contribution in [0.25, 0.3) is 11.3 Å². The molecule has 0 saturated heterocycles. The Balaban J connectivity index is 2.04. The number of benzene rings is 1. The Hall–Kier alpha value is -2.30. The van der Waals surface area contributed by atoms with Gasteiger partial charge < -0.3 is 15.3 Å². The van der Waals surface area contributed by atoms with E-state index in [1.165, 1.54) is 0 Å². The lowest BCUT2D eigenvalue weighted by Gasteiger charge is -2.17. The molecule has 1 aliphatic heterocycles. The highest BCUT2D eigenvalue weighted by molar-refractivity contribution is 5.94. The smallest absolute Gasteiger partial charge is 0.323 e. The first-order chi connectivity index (χ1) is 8.22. The van der Waals surface area contributed by atoms with Crippen molar-refractivity contribution in [1.29, 1.82) is 0 Å². The van der Waals surface area contributed by atoms with E-state index in [-0.39, 0.29) is 11.6 Å². The predicted octanol–water partition coefficient (Wildman–Crippen LogP) is 1.25. The number of carbonyl (C=O) groups excluding carboxylic acids is 1. The number of amides is 1. The number of imidazole rings is 1. The number of aromatic nitrogens is 2. The van der Waals surface area contributed by atoms with Gasteiger partial charge in [0.25, 0.3) is 0 Å². The van der Waals surface area contributed by atoms with E-state index in [1.54, 1.807) is 6.20 Å². The summed E-state index contributed by atoms with van der Waals surface area (Å²) in [7, 11) is 0. The quantitative estimate of drug-likeness (QED) is 0.688. The number of anilines is 1. The van der Waals surface area contributed by atoms with E-state index in [4.69, 9.17) is 0 Å². The van der Waals surface area contributed by atoms with E-state index < -0.39 is 0 Å². The van der Waals surface area contributed by atoms with Gasteiger partial charge in [0.05, 0.1) is 5.69 Å². The van der Waals surface area contributed by atoms with Crippen LogP contribution in [0.15, 0.2) is 29.2 Å². The number of hydrogen-bond acceptors (Lipinski definition) is 2. The molecule has 0 radical (unpaired) electrons. The van der Waals surface area contributed by atoms with Gasteiger partial charge in [-0.15, -0.1) is 0 Å². The molecule has 1 aliphatic rings. The van der Waals surface area contributed by atoms with Gasteiger partial charge in [0, 0.05) is 18.3 Å². The van der Waals surface area contributed by atoms with Crippen LogP contribution in [0, 0.1) is 0 Å². The molecule has 86 valence electrons. The first kappa shape index (κ1) is 9.89. The van der Waals surface area contributed by atoms with Crippen LogP contribution < -0.4 is 11.0 Å². The van der Waals surface area contributed by atoms with Gasteiger partial charge in [0.15, 0.2) is 0 Å². The normalized spacial score (nSPS) is 14.2. The number of fused-ring (bicyclic) bond motifs is 1. The zero-order chi connectivity index (χ0) is 11.8. The molecule has 2 heterocycles. The van der Waals surface area contributed by atoms with Gasteiger partial charge in [-0.2, -0.15) is 0 Å². The third kappa shape index (κ3) is 1.75. The minimum absolute atomic E-state index is 0.0558. The molecule has 0 atom stereocenters. The van der Waals surface area contributed by atoms with Crippen molar-refractivity contribution in [2.24, 2.45) is 0 Å². The highest BCUT2D eigenvalue weighted by Crippen LogP contribution is 2.27. The van der Waals surface area contributed by atoms with Crippen molar-refractivity contribution in [1.82, 2.24) is 9.97 Å². The molecule has 1 amide bonds. The first-order valence-electron chi connectivity index (χ1n) is 5.43. The number of rotatable bonds is 1. The maximum Gasteiger partial charge on any atom is 0.323 e. The van der Waals surface area contributed by atoms with Gasteiger partial charge in [-0.3, -0.25) is 4.79 Å². The summed E-state index contributed by atoms with van der Waals surface area (Å²) in [5, 5.41) is 2.83. The molecule has 3 N–H and O–H groups in total. The lowest BCUT2D eigenvalue weighted by atomic mass is 9.99. The summed E-state index contributed by atoms with van der Waals surface area (Å²) in [5.41, 5.74) is 3.45. The van der Waals surface area contributed by atoms with Crippen molar-refractivity contribution in [2.75, 3.05) is 5.32 Å². The first-order valence-corrected chi connectivity index (χ1v) is 5.43. The fraction of sp³-hybridized carbons (Fsp3) is 0.167. The van der Waals surface area contributed by atoms with Crippen molar-refractivity contribution in [3.63, 3.8) is 0 Å². The van der Waals surface area contributed by atoms with Crippen molar-refractivity contribution in [2.45, 2.75) is 12.8 Å². The Labute approximate surface area is 96.9 Å². The van der Waals surface area contributed by atoms with E-state index in [2.05, 4.69) is 15.3 Å². The van der Waals surface area contributed by atoms with Gasteiger partial charge in [-0.05, 0) is 29.7 Å². The molecule has 0 aliphatic carbocycles. The molecule has 2 aromatic rings. The molecular weight excluding hydrogens is 218 g/mol. The molecule has 5 heteroatoms. The minimum Gasteiger partial charge on any atom is -0.326 e. The molecule has 1 aromatic heterocycles. The van der Waals surface area contributed by atoms with Gasteiger partial charge in [-0.25, -0.2) is 4.79 Å². The monoisotopic (exact) mass is 229 g/mol. The number of hydrogen-bond donors (Lipinski definition) is 3. The number of carbonyl (C=O) groups is 1. The number of aryl methyl sites for hydroxylation is 1. The zero-order valence-electron chi connectivity index (χ0n) is 9.04. The molecule has 17 heavy (non-hydrogen) atoms. The number of nitrogens with one attached hydrogen (secondary N) is 3. The summed E-state index contributed by atoms with van der Waals surface area (Å²) in [6.07, 6.45) is 2.90. The van der Waals surface area contributed by atoms with Crippen LogP contribution in [0.3, 0.4) is 0 Å². The summed E-state index contributed by atoms with van der Waals surface area (Å²) in [4.78, 5) is 27.5. The third-order valence-electron chi connectivity index (χ3n) is 2.91. The van der Waals surface area contributed by atoms with Gasteiger partial charge in [-0.1, -0.05) is 6.07 Å². The van der Waals surface area contributed by atoms with Crippen LogP contribution in [-0.2, 0) is 11.2 Å². The fourth-order valence-electron chi connectivity index (χ4n) is 2.04. The van der Waals surface area contributed by atoms with E-state index in [9.17, 15) is 9.59 Å². The average Bonchev–Trinajstić information content (AvgIpc) is 2.75. The van der Waals surface area contributed by atoms with E-state index in [1.807, 2.05) is 18.2 Å². The zero-order valence-corrected chi connectivity index (χ0v) is 9.04. The minimum atomic E-state index is -0.217. The lowest BCUT2D eigenvalue weighted by molar-refractivity contribution is -0.116. The third-order valence-corrected chi connectivity index (χ3v) is 2.91. The molecule has 0 spiro atoms. The van der Waals surface area contributed by atoms with E-state index in [0.29, 0.717) is 6.42 Å². The molecule has 0 saturated carbocycles. The summed E-state index contributed by atoms with van der Waals surface area (Å²) in [5.74, 6) is 0.0558. The fourth-order valence-corrected chi connectivity index (χ4v) is 2.04. The van der Waals surface area contributed by atoms with Crippen LogP contribution in [0.4, 0.5) is 5.69 Å². The largest absolute Gasteiger partial charge is 0.326 e. The Morgan fingerprint density at radius 2 is 2.00 bits per heavy atom. The average molecular weight is 229 g/mol. The van der Waals surface area contributed by atoms with E-state index >= 15 is 0 Å². The summed E-state index contributed by atoms with van der Waals surface area (Å²) in [6, 6.07) is 5.74. The van der Waals surface area contributed by atoms with Crippen LogP contribution in [0.5, 0.6) is 0 Å². The van der Waals surface area contributed by atoms with Crippen LogP contribution in [0.1, 0.15) is 12.0 Å². The Bertz CT molecular complexity index is 639. The molecule has 3 rings (SSSR count). The van der Waals surface area contributed by atoms with Gasteiger partial charge >= 0.3 is 5.69 Å². The standard InChI is InChI=1S/C12H11N3O2/c16-11-4-2-7-5-8(1-3-9(7)14-11)10-6-13-12(17)15-10/h1,3,5-6H,2,4H2,(H,14,16)(H2,13,15,17). The summed E-state index contributed by atoms with van der Waals surface area (Å²) < 4.78 is 0. The topological polar surface area (TPSA) is 77.8 Å². The Morgan fingerprint density at radius 3 is 2.76 bits per heavy atom. The van der Waals surface area contributed by atoms with Crippen molar-refractivity contribution in [3.8, 4) is 11.3 Å². The Morgan fingerprint density at radius 1 is 1.12 bits per heavy atom. The van der Waals surface area contributed by atoms with Gasteiger partial charge in [0.2, 0.25) is 5.91 Å². The molecule has 1 aromatic carbocycles. The van der Waals surface area contributed by atoms with Crippen molar-refractivity contribution >= 4 is 11.6 Å². The van der Waals surface area contributed by atoms with Crippen LogP contribution in [-0.4, -0.2) is 15.9 Å². The van der Waals surface area contributed by atoms with E-state index in [0.717, 1.165) is 28.9 Å². The maximum atomic E-state index is 11.2. The Kier molecular flexibility index (Phi) is 2.11. The SMILES string of the molecule is O=C1CCc2cc(-c3c[nH]c(=O)[nH]3)ccc2N1. The van der Waals surface area contributed by atoms with Crippen molar-refractivity contribution in [3.05, 3.63) is 40.4 Å². The predicted molar refractivity (Wildman–Crippen MR) is 63.8 cm³/mol. The summed E-state index contributed by atoms with van der Waals surface area (Å²) >= 11 is 0. The molecular formula is C12H11N3O2. The summed E-state index contributed by atoms with van der Waals surface area (Å²) in [6.45, 7) is 0. The van der Waals surface area contributed by atoms with Crippen molar-refractivity contribution < 1.29 is 4.79 Å². The van der Waals surface area contributed by atoms with Gasteiger partial charge in [0.1, 0.15) is 0 Å². The second kappa shape index (κ2) is 3.62. The lowest BCUT2D eigenvalue weighted by Crippen LogP contribution is -2.18. The number of H-pyrrole nitrogens is 2. The molecule has 0 bridgehead atoms. The second-order valence-electron chi connectivity index (χ2n) is 4.08.